The fourth-order valence-electron chi connectivity index (χ4n) is 0.970. The summed E-state index contributed by atoms with van der Waals surface area (Å²) in [5, 5.41) is 4.04. The minimum absolute atomic E-state index is 0.960. The lowest BCUT2D eigenvalue weighted by Gasteiger charge is -1.99. The smallest absolute Gasteiger partial charge is 0.0829 e. The van der Waals surface area contributed by atoms with Gasteiger partial charge in [0, 0.05) is 18.0 Å². The fourth-order valence-corrected chi connectivity index (χ4v) is 0.970. The molecule has 2 aromatic heterocycles. The summed E-state index contributed by atoms with van der Waals surface area (Å²) in [6.45, 7) is 1.96. The Morgan fingerprint density at radius 1 is 1.42 bits per heavy atom. The van der Waals surface area contributed by atoms with Gasteiger partial charge in [0.2, 0.25) is 0 Å². The molecule has 0 aliphatic rings. The van der Waals surface area contributed by atoms with Crippen LogP contribution in [0.25, 0.3) is 5.69 Å². The van der Waals surface area contributed by atoms with E-state index in [2.05, 4.69) is 16.1 Å². The van der Waals surface area contributed by atoms with Crippen LogP contribution in [0.2, 0.25) is 0 Å². The van der Waals surface area contributed by atoms with E-state index in [4.69, 9.17) is 0 Å². The topological polar surface area (TPSA) is 30.7 Å². The first-order chi connectivity index (χ1) is 5.86. The highest BCUT2D eigenvalue weighted by Gasteiger charge is 1.94. The van der Waals surface area contributed by atoms with Crippen molar-refractivity contribution in [1.82, 2.24) is 14.8 Å². The van der Waals surface area contributed by atoms with E-state index in [1.165, 1.54) is 0 Å². The van der Waals surface area contributed by atoms with Crippen LogP contribution in [-0.2, 0) is 0 Å². The van der Waals surface area contributed by atoms with Crippen LogP contribution >= 0.6 is 0 Å². The molecule has 0 amide bonds. The lowest BCUT2D eigenvalue weighted by atomic mass is 10.3. The van der Waals surface area contributed by atoms with Crippen LogP contribution in [0.1, 0.15) is 5.69 Å². The molecule has 0 aliphatic heterocycles. The van der Waals surface area contributed by atoms with E-state index in [0.717, 1.165) is 11.4 Å². The Morgan fingerprint density at radius 2 is 2.33 bits per heavy atom. The molecule has 0 aromatic carbocycles. The third kappa shape index (κ3) is 1.21. The Hall–Kier alpha value is -1.64. The first-order valence-corrected chi connectivity index (χ1v) is 3.70. The second-order valence-corrected chi connectivity index (χ2v) is 2.54. The van der Waals surface area contributed by atoms with E-state index < -0.39 is 0 Å². The van der Waals surface area contributed by atoms with E-state index in [1.54, 1.807) is 23.3 Å². The van der Waals surface area contributed by atoms with Gasteiger partial charge in [0.1, 0.15) is 0 Å². The standard InChI is InChI=1S/C9H8N3/c1-8-3-4-9(7-10-8)12-6-2-5-11-12/h3-7H,1H3. The summed E-state index contributed by atoms with van der Waals surface area (Å²) in [5.41, 5.74) is 1.97. The number of pyridine rings is 1. The highest BCUT2D eigenvalue weighted by atomic mass is 15.3. The quantitative estimate of drug-likeness (QED) is 0.627. The zero-order valence-electron chi connectivity index (χ0n) is 6.73. The predicted molar refractivity (Wildman–Crippen MR) is 44.9 cm³/mol. The van der Waals surface area contributed by atoms with Gasteiger partial charge in [-0.1, -0.05) is 0 Å². The summed E-state index contributed by atoms with van der Waals surface area (Å²) >= 11 is 0. The molecule has 0 aliphatic carbocycles. The van der Waals surface area contributed by atoms with Gasteiger partial charge >= 0.3 is 0 Å². The van der Waals surface area contributed by atoms with Crippen LogP contribution in [-0.4, -0.2) is 14.8 Å². The summed E-state index contributed by atoms with van der Waals surface area (Å²) in [7, 11) is 0. The van der Waals surface area contributed by atoms with E-state index in [0.29, 0.717) is 0 Å². The predicted octanol–water partition coefficient (Wildman–Crippen LogP) is 1.38. The van der Waals surface area contributed by atoms with Gasteiger partial charge in [-0.15, -0.1) is 0 Å². The van der Waals surface area contributed by atoms with Gasteiger partial charge < -0.3 is 0 Å². The molecule has 0 saturated heterocycles. The van der Waals surface area contributed by atoms with Gasteiger partial charge in [-0.2, -0.15) is 5.10 Å². The molecule has 3 nitrogen and oxygen atoms in total. The fraction of sp³-hybridized carbons (Fsp3) is 0.111. The molecule has 0 N–H and O–H groups in total. The number of aryl methyl sites for hydroxylation is 1. The molecule has 0 saturated carbocycles. The van der Waals surface area contributed by atoms with Crippen molar-refractivity contribution >= 4 is 0 Å². The van der Waals surface area contributed by atoms with E-state index in [-0.39, 0.29) is 0 Å². The Balaban J connectivity index is 2.43. The molecule has 0 bridgehead atoms. The molecule has 0 fully saturated rings. The lowest BCUT2D eigenvalue weighted by molar-refractivity contribution is 0.871. The minimum atomic E-state index is 0.960. The summed E-state index contributed by atoms with van der Waals surface area (Å²) in [5.74, 6) is 0. The second-order valence-electron chi connectivity index (χ2n) is 2.54. The van der Waals surface area contributed by atoms with Crippen LogP contribution in [0.5, 0.6) is 0 Å². The third-order valence-corrected chi connectivity index (χ3v) is 1.61. The Labute approximate surface area is 70.7 Å². The molecule has 0 spiro atoms. The van der Waals surface area contributed by atoms with Crippen LogP contribution in [0.15, 0.2) is 30.7 Å². The van der Waals surface area contributed by atoms with Crippen LogP contribution in [0, 0.1) is 13.0 Å². The Morgan fingerprint density at radius 3 is 2.92 bits per heavy atom. The van der Waals surface area contributed by atoms with Gasteiger partial charge in [0.15, 0.2) is 0 Å². The number of nitrogens with zero attached hydrogens (tertiary/aromatic N) is 3. The molecule has 2 rings (SSSR count). The highest BCUT2D eigenvalue weighted by Crippen LogP contribution is 2.03. The molecule has 0 unspecified atom stereocenters. The lowest BCUT2D eigenvalue weighted by Crippen LogP contribution is -1.94. The maximum Gasteiger partial charge on any atom is 0.0829 e. The van der Waals surface area contributed by atoms with Crippen molar-refractivity contribution in [3.05, 3.63) is 42.5 Å². The van der Waals surface area contributed by atoms with E-state index >= 15 is 0 Å². The summed E-state index contributed by atoms with van der Waals surface area (Å²) in [6, 6.07) is 6.80. The number of hydrogen-bond acceptors (Lipinski definition) is 2. The van der Waals surface area contributed by atoms with Crippen molar-refractivity contribution < 1.29 is 0 Å². The normalized spacial score (nSPS) is 10.1. The summed E-state index contributed by atoms with van der Waals surface area (Å²) in [6.07, 6.45) is 5.18. The number of aromatic nitrogens is 3. The van der Waals surface area contributed by atoms with Crippen LogP contribution in [0.4, 0.5) is 0 Å². The molecule has 2 aromatic rings. The highest BCUT2D eigenvalue weighted by molar-refractivity contribution is 5.27. The van der Waals surface area contributed by atoms with Crippen LogP contribution < -0.4 is 0 Å². The summed E-state index contributed by atoms with van der Waals surface area (Å²) < 4.78 is 1.73. The monoisotopic (exact) mass is 158 g/mol. The number of hydrogen-bond donors (Lipinski definition) is 0. The van der Waals surface area contributed by atoms with Crippen molar-refractivity contribution in [2.75, 3.05) is 0 Å². The minimum Gasteiger partial charge on any atom is -0.259 e. The first kappa shape index (κ1) is 7.03. The van der Waals surface area contributed by atoms with E-state index in [9.17, 15) is 0 Å². The molecular weight excluding hydrogens is 150 g/mol. The zero-order valence-corrected chi connectivity index (χ0v) is 6.73. The molecule has 2 heterocycles. The maximum absolute atomic E-state index is 4.16. The molecular formula is C9H8N3. The molecule has 3 heteroatoms. The van der Waals surface area contributed by atoms with Crippen molar-refractivity contribution in [3.8, 4) is 5.69 Å². The van der Waals surface area contributed by atoms with Crippen molar-refractivity contribution in [3.63, 3.8) is 0 Å². The van der Waals surface area contributed by atoms with Gasteiger partial charge in [0.25, 0.3) is 0 Å². The first-order valence-electron chi connectivity index (χ1n) is 3.70. The Kier molecular flexibility index (Phi) is 1.63. The summed E-state index contributed by atoms with van der Waals surface area (Å²) in [4.78, 5) is 4.16. The zero-order chi connectivity index (χ0) is 8.39. The van der Waals surface area contributed by atoms with Gasteiger partial charge in [0.05, 0.1) is 18.1 Å². The van der Waals surface area contributed by atoms with Gasteiger partial charge in [-0.3, -0.25) is 4.98 Å². The molecule has 0 atom stereocenters. The van der Waals surface area contributed by atoms with Crippen molar-refractivity contribution in [1.29, 1.82) is 0 Å². The maximum atomic E-state index is 4.16. The average molecular weight is 158 g/mol. The van der Waals surface area contributed by atoms with Crippen LogP contribution in [0.3, 0.4) is 0 Å². The average Bonchev–Trinajstić information content (AvgIpc) is 2.58. The van der Waals surface area contributed by atoms with Crippen molar-refractivity contribution in [2.45, 2.75) is 6.92 Å². The SMILES string of the molecule is Cc1ccc(-n2c[c]cn2)cn1. The molecule has 1 radical (unpaired) electrons. The molecule has 59 valence electrons. The van der Waals surface area contributed by atoms with Gasteiger partial charge in [-0.05, 0) is 19.1 Å². The third-order valence-electron chi connectivity index (χ3n) is 1.61. The largest absolute Gasteiger partial charge is 0.259 e. The van der Waals surface area contributed by atoms with E-state index in [1.807, 2.05) is 19.1 Å². The van der Waals surface area contributed by atoms with Gasteiger partial charge in [-0.25, -0.2) is 4.68 Å². The second kappa shape index (κ2) is 2.77. The Bertz CT molecular complexity index is 348. The van der Waals surface area contributed by atoms with Crippen molar-refractivity contribution in [2.24, 2.45) is 0 Å². The molecule has 12 heavy (non-hydrogen) atoms. The number of rotatable bonds is 1.